The molecule has 0 aromatic heterocycles. The van der Waals surface area contributed by atoms with E-state index >= 15 is 0 Å². The molecule has 6 unspecified atom stereocenters. The minimum atomic E-state index is -0.970. The highest BCUT2D eigenvalue weighted by atomic mass is 16.5. The van der Waals surface area contributed by atoms with Gasteiger partial charge in [-0.05, 0) is 80.9 Å². The smallest absolute Gasteiger partial charge is 0.309 e. The van der Waals surface area contributed by atoms with E-state index in [-0.39, 0.29) is 29.7 Å². The lowest BCUT2D eigenvalue weighted by atomic mass is 9.44. The Hall–Kier alpha value is -2.08. The van der Waals surface area contributed by atoms with Crippen molar-refractivity contribution in [1.82, 2.24) is 5.32 Å². The second-order valence-electron chi connectivity index (χ2n) is 10.1. The molecule has 2 N–H and O–H groups in total. The molecular formula is C24H33NO5. The van der Waals surface area contributed by atoms with E-state index in [0.29, 0.717) is 18.9 Å². The molecule has 4 fully saturated rings. The van der Waals surface area contributed by atoms with E-state index in [2.05, 4.69) is 12.2 Å². The van der Waals surface area contributed by atoms with Gasteiger partial charge in [0, 0.05) is 6.04 Å². The fourth-order valence-electron chi connectivity index (χ4n) is 6.26. The molecule has 4 saturated carbocycles. The molecule has 0 saturated heterocycles. The molecule has 0 heterocycles. The Morgan fingerprint density at radius 1 is 1.20 bits per heavy atom. The molecule has 6 atom stereocenters. The van der Waals surface area contributed by atoms with Crippen LogP contribution in [0.1, 0.15) is 52.0 Å². The van der Waals surface area contributed by atoms with E-state index in [1.54, 1.807) is 21.0 Å². The van der Waals surface area contributed by atoms with Gasteiger partial charge in [0.05, 0.1) is 19.1 Å². The molecule has 0 aliphatic heterocycles. The van der Waals surface area contributed by atoms with Gasteiger partial charge < -0.3 is 19.9 Å². The predicted octanol–water partition coefficient (Wildman–Crippen LogP) is 3.63. The van der Waals surface area contributed by atoms with Crippen molar-refractivity contribution in [2.75, 3.05) is 7.11 Å². The van der Waals surface area contributed by atoms with Gasteiger partial charge in [0.25, 0.3) is 5.91 Å². The largest absolute Gasteiger partial charge is 0.497 e. The quantitative estimate of drug-likeness (QED) is 0.710. The first kappa shape index (κ1) is 21.2. The van der Waals surface area contributed by atoms with Crippen LogP contribution in [0.4, 0.5) is 0 Å². The van der Waals surface area contributed by atoms with E-state index < -0.39 is 17.0 Å². The first-order valence-electron chi connectivity index (χ1n) is 11.0. The molecule has 0 spiro atoms. The number of carboxylic acid groups (broad SMARTS) is 1. The monoisotopic (exact) mass is 415 g/mol. The third kappa shape index (κ3) is 3.49. The predicted molar refractivity (Wildman–Crippen MR) is 112 cm³/mol. The van der Waals surface area contributed by atoms with Crippen LogP contribution in [0, 0.1) is 29.1 Å². The zero-order chi connectivity index (χ0) is 21.7. The van der Waals surface area contributed by atoms with E-state index in [1.807, 2.05) is 24.3 Å². The van der Waals surface area contributed by atoms with Crippen molar-refractivity contribution in [2.45, 2.75) is 64.7 Å². The first-order chi connectivity index (χ1) is 14.2. The number of rotatable bonds is 7. The zero-order valence-electron chi connectivity index (χ0n) is 18.3. The summed E-state index contributed by atoms with van der Waals surface area (Å²) in [6, 6.07) is 7.65. The number of benzene rings is 1. The molecule has 1 aromatic rings. The highest BCUT2D eigenvalue weighted by Crippen LogP contribution is 2.62. The Morgan fingerprint density at radius 2 is 1.90 bits per heavy atom. The molecule has 5 rings (SSSR count). The number of nitrogens with one attached hydrogen (secondary N) is 1. The van der Waals surface area contributed by atoms with Crippen molar-refractivity contribution >= 4 is 11.9 Å². The molecule has 6 nitrogen and oxygen atoms in total. The summed E-state index contributed by atoms with van der Waals surface area (Å²) in [5.74, 6) is 1.05. The van der Waals surface area contributed by atoms with Gasteiger partial charge >= 0.3 is 5.97 Å². The second-order valence-corrected chi connectivity index (χ2v) is 10.1. The molecule has 164 valence electrons. The van der Waals surface area contributed by atoms with Gasteiger partial charge in [0.15, 0.2) is 0 Å². The number of carbonyl (C=O) groups is 2. The number of carboxylic acids is 1. The van der Waals surface area contributed by atoms with Crippen LogP contribution >= 0.6 is 0 Å². The van der Waals surface area contributed by atoms with E-state index in [0.717, 1.165) is 30.6 Å². The van der Waals surface area contributed by atoms with Crippen molar-refractivity contribution in [3.05, 3.63) is 29.8 Å². The molecule has 4 aliphatic carbocycles. The van der Waals surface area contributed by atoms with Gasteiger partial charge in [-0.15, -0.1) is 0 Å². The van der Waals surface area contributed by atoms with Crippen LogP contribution in [0.15, 0.2) is 24.3 Å². The van der Waals surface area contributed by atoms with Crippen molar-refractivity contribution in [3.8, 4) is 5.75 Å². The van der Waals surface area contributed by atoms with Crippen molar-refractivity contribution in [3.63, 3.8) is 0 Å². The highest BCUT2D eigenvalue weighted by molar-refractivity contribution is 5.84. The summed E-state index contributed by atoms with van der Waals surface area (Å²) >= 11 is 0. The Bertz CT molecular complexity index is 819. The van der Waals surface area contributed by atoms with E-state index in [4.69, 9.17) is 9.47 Å². The second kappa shape index (κ2) is 7.56. The van der Waals surface area contributed by atoms with Crippen LogP contribution in [0.5, 0.6) is 5.75 Å². The number of amides is 1. The number of carbonyl (C=O) groups excluding carboxylic acids is 1. The number of ether oxygens (including phenoxy) is 2. The molecule has 4 aliphatic rings. The Kier molecular flexibility index (Phi) is 5.33. The summed E-state index contributed by atoms with van der Waals surface area (Å²) in [6.07, 6.45) is 3.52. The topological polar surface area (TPSA) is 84.9 Å². The summed E-state index contributed by atoms with van der Waals surface area (Å²) in [5.41, 5.74) is -0.594. The average Bonchev–Trinajstić information content (AvgIpc) is 2.72. The molecule has 1 amide bonds. The fourth-order valence-corrected chi connectivity index (χ4v) is 6.26. The minimum absolute atomic E-state index is 0.0420. The third-order valence-electron chi connectivity index (χ3n) is 8.03. The number of methoxy groups -OCH3 is 1. The normalized spacial score (nSPS) is 34.6. The Balaban J connectivity index is 1.41. The molecular weight excluding hydrogens is 382 g/mol. The fraction of sp³-hybridized carbons (Fsp3) is 0.667. The Morgan fingerprint density at radius 3 is 2.53 bits per heavy atom. The van der Waals surface area contributed by atoms with Crippen molar-refractivity contribution in [1.29, 1.82) is 0 Å². The Labute approximate surface area is 178 Å². The van der Waals surface area contributed by atoms with Crippen LogP contribution in [0.3, 0.4) is 0 Å². The maximum absolute atomic E-state index is 13.1. The SMILES string of the molecule is COc1ccc(COC(C)(C)C(=O)NC2C3CC4CC2C(C)C(C(=O)O)(C4)C3)cc1. The van der Waals surface area contributed by atoms with Gasteiger partial charge in [-0.2, -0.15) is 0 Å². The van der Waals surface area contributed by atoms with Crippen LogP contribution < -0.4 is 10.1 Å². The molecule has 4 bridgehead atoms. The summed E-state index contributed by atoms with van der Waals surface area (Å²) in [5, 5.41) is 13.2. The molecule has 0 radical (unpaired) electrons. The maximum Gasteiger partial charge on any atom is 0.309 e. The zero-order valence-corrected chi connectivity index (χ0v) is 18.3. The number of hydrogen-bond acceptors (Lipinski definition) is 4. The lowest BCUT2D eigenvalue weighted by Crippen LogP contribution is -2.66. The van der Waals surface area contributed by atoms with Crippen LogP contribution in [-0.2, 0) is 20.9 Å². The van der Waals surface area contributed by atoms with Gasteiger partial charge in [-0.3, -0.25) is 9.59 Å². The lowest BCUT2D eigenvalue weighted by molar-refractivity contribution is -0.181. The number of hydrogen-bond donors (Lipinski definition) is 2. The average molecular weight is 416 g/mol. The lowest BCUT2D eigenvalue weighted by Gasteiger charge is -2.62. The van der Waals surface area contributed by atoms with E-state index in [9.17, 15) is 14.7 Å². The number of aliphatic carboxylic acids is 1. The van der Waals surface area contributed by atoms with Gasteiger partial charge in [0.2, 0.25) is 0 Å². The summed E-state index contributed by atoms with van der Waals surface area (Å²) in [6.45, 7) is 6.00. The van der Waals surface area contributed by atoms with Crippen molar-refractivity contribution in [2.24, 2.45) is 29.1 Å². The van der Waals surface area contributed by atoms with Gasteiger partial charge in [-0.25, -0.2) is 0 Å². The maximum atomic E-state index is 13.1. The van der Waals surface area contributed by atoms with Crippen LogP contribution in [0.2, 0.25) is 0 Å². The first-order valence-corrected chi connectivity index (χ1v) is 11.0. The minimum Gasteiger partial charge on any atom is -0.497 e. The standard InChI is InChI=1S/C24H33NO5/c1-14-19-10-16-9-17(12-24(14,11-16)22(27)28)20(19)25-21(26)23(2,3)30-13-15-5-7-18(29-4)8-6-15/h5-8,14,16-17,19-20H,9-13H2,1-4H3,(H,25,26)(H,27,28). The third-order valence-corrected chi connectivity index (χ3v) is 8.03. The summed E-state index contributed by atoms with van der Waals surface area (Å²) < 4.78 is 11.2. The van der Waals surface area contributed by atoms with Gasteiger partial charge in [0.1, 0.15) is 11.4 Å². The molecule has 1 aromatic carbocycles. The van der Waals surface area contributed by atoms with E-state index in [1.165, 1.54) is 0 Å². The van der Waals surface area contributed by atoms with Crippen LogP contribution in [-0.4, -0.2) is 35.7 Å². The van der Waals surface area contributed by atoms with Gasteiger partial charge in [-0.1, -0.05) is 19.1 Å². The summed E-state index contributed by atoms with van der Waals surface area (Å²) in [4.78, 5) is 25.2. The highest BCUT2D eigenvalue weighted by Gasteiger charge is 2.63. The molecule has 6 heteroatoms. The van der Waals surface area contributed by atoms with Crippen LogP contribution in [0.25, 0.3) is 0 Å². The molecule has 30 heavy (non-hydrogen) atoms. The summed E-state index contributed by atoms with van der Waals surface area (Å²) in [7, 11) is 1.63. The van der Waals surface area contributed by atoms with Crippen molar-refractivity contribution < 1.29 is 24.2 Å².